The number of piperazine rings is 1. The maximum absolute atomic E-state index is 12.8. The summed E-state index contributed by atoms with van der Waals surface area (Å²) in [6.45, 7) is 7.26. The molecule has 1 aliphatic rings. The molecule has 0 saturated carbocycles. The van der Waals surface area contributed by atoms with Gasteiger partial charge >= 0.3 is 0 Å². The Morgan fingerprint density at radius 1 is 1.16 bits per heavy atom. The second-order valence-electron chi connectivity index (χ2n) is 6.45. The zero-order chi connectivity index (χ0) is 17.8. The summed E-state index contributed by atoms with van der Waals surface area (Å²) in [6, 6.07) is 9.84. The number of nitrogens with zero attached hydrogens (tertiary/aromatic N) is 4. The molecule has 0 unspecified atom stereocenters. The lowest BCUT2D eigenvalue weighted by atomic mass is 10.1. The van der Waals surface area contributed by atoms with E-state index < -0.39 is 0 Å². The summed E-state index contributed by atoms with van der Waals surface area (Å²) >= 11 is 0. The van der Waals surface area contributed by atoms with E-state index in [4.69, 9.17) is 0 Å². The molecule has 2 heterocycles. The predicted octanol–water partition coefficient (Wildman–Crippen LogP) is 2.48. The van der Waals surface area contributed by atoms with Crippen molar-refractivity contribution in [3.63, 3.8) is 0 Å². The topological polar surface area (TPSA) is 61.4 Å². The number of benzene rings is 1. The Balaban J connectivity index is 1.82. The van der Waals surface area contributed by atoms with Crippen LogP contribution in [0.5, 0.6) is 0 Å². The van der Waals surface area contributed by atoms with Crippen LogP contribution in [0.4, 0.5) is 11.6 Å². The van der Waals surface area contributed by atoms with Crippen molar-refractivity contribution in [2.24, 2.45) is 0 Å². The van der Waals surface area contributed by atoms with Gasteiger partial charge in [-0.25, -0.2) is 9.97 Å². The van der Waals surface area contributed by atoms with Crippen LogP contribution in [0.25, 0.3) is 0 Å². The number of amides is 1. The molecule has 0 atom stereocenters. The molecular weight excluding hydrogens is 314 g/mol. The van der Waals surface area contributed by atoms with Gasteiger partial charge in [0.2, 0.25) is 5.95 Å². The quantitative estimate of drug-likeness (QED) is 0.927. The number of aromatic nitrogens is 2. The molecule has 1 saturated heterocycles. The van der Waals surface area contributed by atoms with E-state index in [9.17, 15) is 4.79 Å². The van der Waals surface area contributed by atoms with Crippen molar-refractivity contribution in [3.8, 4) is 0 Å². The molecule has 0 bridgehead atoms. The van der Waals surface area contributed by atoms with Crippen LogP contribution in [0.2, 0.25) is 0 Å². The first-order chi connectivity index (χ1) is 12.1. The first-order valence-corrected chi connectivity index (χ1v) is 8.75. The van der Waals surface area contributed by atoms with Gasteiger partial charge in [-0.3, -0.25) is 4.79 Å². The van der Waals surface area contributed by atoms with Crippen LogP contribution in [-0.2, 0) is 6.42 Å². The molecule has 1 N–H and O–H groups in total. The normalized spacial score (nSPS) is 15.2. The van der Waals surface area contributed by atoms with Gasteiger partial charge in [0.1, 0.15) is 5.69 Å². The molecule has 1 aromatic carbocycles. The van der Waals surface area contributed by atoms with Gasteiger partial charge in [0, 0.05) is 37.6 Å². The van der Waals surface area contributed by atoms with Crippen LogP contribution in [0, 0.1) is 6.92 Å². The summed E-state index contributed by atoms with van der Waals surface area (Å²) < 4.78 is 0. The van der Waals surface area contributed by atoms with Crippen LogP contribution in [0.3, 0.4) is 0 Å². The molecule has 0 aliphatic carbocycles. The minimum absolute atomic E-state index is 0.0228. The van der Waals surface area contributed by atoms with Gasteiger partial charge in [-0.05, 0) is 38.1 Å². The van der Waals surface area contributed by atoms with Crippen molar-refractivity contribution < 1.29 is 4.79 Å². The highest BCUT2D eigenvalue weighted by atomic mass is 16.2. The zero-order valence-electron chi connectivity index (χ0n) is 15.1. The maximum Gasteiger partial charge on any atom is 0.272 e. The molecule has 0 spiro atoms. The van der Waals surface area contributed by atoms with Crippen LogP contribution in [0.1, 0.15) is 28.7 Å². The summed E-state index contributed by atoms with van der Waals surface area (Å²) in [7, 11) is 2.07. The fourth-order valence-corrected chi connectivity index (χ4v) is 2.98. The molecule has 132 valence electrons. The molecule has 1 aromatic heterocycles. The van der Waals surface area contributed by atoms with Crippen molar-refractivity contribution in [1.29, 1.82) is 0 Å². The second-order valence-corrected chi connectivity index (χ2v) is 6.45. The average molecular weight is 339 g/mol. The van der Waals surface area contributed by atoms with Crippen molar-refractivity contribution in [1.82, 2.24) is 19.8 Å². The van der Waals surface area contributed by atoms with Gasteiger partial charge in [-0.2, -0.15) is 0 Å². The summed E-state index contributed by atoms with van der Waals surface area (Å²) in [5, 5.41) is 3.27. The number of nitrogens with one attached hydrogen (secondary N) is 1. The Morgan fingerprint density at radius 2 is 1.88 bits per heavy atom. The lowest BCUT2D eigenvalue weighted by molar-refractivity contribution is 0.0658. The Morgan fingerprint density at radius 3 is 2.60 bits per heavy atom. The van der Waals surface area contributed by atoms with E-state index in [2.05, 4.69) is 40.2 Å². The number of carbonyl (C=O) groups is 1. The van der Waals surface area contributed by atoms with E-state index in [0.717, 1.165) is 44.0 Å². The third-order valence-electron chi connectivity index (χ3n) is 4.51. The van der Waals surface area contributed by atoms with Gasteiger partial charge in [-0.15, -0.1) is 0 Å². The highest BCUT2D eigenvalue weighted by Gasteiger charge is 2.22. The highest BCUT2D eigenvalue weighted by Crippen LogP contribution is 2.20. The molecule has 1 aliphatic heterocycles. The van der Waals surface area contributed by atoms with Crippen LogP contribution in [0.15, 0.2) is 30.3 Å². The molecule has 1 amide bonds. The number of anilines is 2. The Bertz CT molecular complexity index is 753. The van der Waals surface area contributed by atoms with Gasteiger partial charge < -0.3 is 15.1 Å². The summed E-state index contributed by atoms with van der Waals surface area (Å²) in [5.74, 6) is 0.448. The molecule has 1 fully saturated rings. The summed E-state index contributed by atoms with van der Waals surface area (Å²) in [6.07, 6.45) is 0.919. The minimum atomic E-state index is -0.0228. The van der Waals surface area contributed by atoms with Gasteiger partial charge in [0.05, 0.1) is 0 Å². The van der Waals surface area contributed by atoms with Crippen molar-refractivity contribution in [3.05, 3.63) is 47.3 Å². The van der Waals surface area contributed by atoms with Crippen molar-refractivity contribution in [2.45, 2.75) is 20.3 Å². The Hall–Kier alpha value is -2.47. The van der Waals surface area contributed by atoms with Gasteiger partial charge in [0.25, 0.3) is 5.91 Å². The number of hydrogen-bond acceptors (Lipinski definition) is 5. The Labute approximate surface area is 148 Å². The fourth-order valence-electron chi connectivity index (χ4n) is 2.98. The number of para-hydroxylation sites is 1. The second kappa shape index (κ2) is 7.61. The summed E-state index contributed by atoms with van der Waals surface area (Å²) in [5.41, 5.74) is 3.41. The zero-order valence-corrected chi connectivity index (χ0v) is 15.1. The third kappa shape index (κ3) is 4.14. The molecular formula is C19H25N5O. The minimum Gasteiger partial charge on any atom is -0.335 e. The van der Waals surface area contributed by atoms with Gasteiger partial charge in [-0.1, -0.05) is 25.1 Å². The number of carbonyl (C=O) groups excluding carboxylic acids is 1. The van der Waals surface area contributed by atoms with Crippen LogP contribution >= 0.6 is 0 Å². The number of likely N-dealkylation sites (N-methyl/N-ethyl adjacent to an activating group) is 1. The monoisotopic (exact) mass is 339 g/mol. The smallest absolute Gasteiger partial charge is 0.272 e. The first-order valence-electron chi connectivity index (χ1n) is 8.75. The molecule has 25 heavy (non-hydrogen) atoms. The Kier molecular flexibility index (Phi) is 5.28. The van der Waals surface area contributed by atoms with E-state index in [1.54, 1.807) is 6.07 Å². The van der Waals surface area contributed by atoms with Crippen molar-refractivity contribution >= 4 is 17.5 Å². The highest BCUT2D eigenvalue weighted by molar-refractivity contribution is 5.92. The lowest BCUT2D eigenvalue weighted by Gasteiger charge is -2.32. The van der Waals surface area contributed by atoms with E-state index >= 15 is 0 Å². The van der Waals surface area contributed by atoms with Gasteiger partial charge in [0.15, 0.2) is 0 Å². The molecule has 3 rings (SSSR count). The van der Waals surface area contributed by atoms with E-state index in [1.165, 1.54) is 5.56 Å². The number of hydrogen-bond donors (Lipinski definition) is 1. The first kappa shape index (κ1) is 17.4. The largest absolute Gasteiger partial charge is 0.335 e. The fraction of sp³-hybridized carbons (Fsp3) is 0.421. The predicted molar refractivity (Wildman–Crippen MR) is 99.3 cm³/mol. The lowest BCUT2D eigenvalue weighted by Crippen LogP contribution is -2.47. The van der Waals surface area contributed by atoms with Crippen LogP contribution in [-0.4, -0.2) is 58.9 Å². The van der Waals surface area contributed by atoms with Crippen LogP contribution < -0.4 is 5.32 Å². The summed E-state index contributed by atoms with van der Waals surface area (Å²) in [4.78, 5) is 25.8. The molecule has 6 nitrogen and oxygen atoms in total. The molecule has 0 radical (unpaired) electrons. The number of rotatable bonds is 4. The van der Waals surface area contributed by atoms with Crippen molar-refractivity contribution in [2.75, 3.05) is 38.5 Å². The van der Waals surface area contributed by atoms with E-state index in [-0.39, 0.29) is 5.91 Å². The number of aryl methyl sites for hydroxylation is 2. The van der Waals surface area contributed by atoms with E-state index in [1.807, 2.05) is 30.0 Å². The van der Waals surface area contributed by atoms with E-state index in [0.29, 0.717) is 11.6 Å². The molecule has 6 heteroatoms. The average Bonchev–Trinajstić information content (AvgIpc) is 2.62. The maximum atomic E-state index is 12.8. The molecule has 2 aromatic rings. The SMILES string of the molecule is CCc1ccccc1Nc1nc(C)cc(C(=O)N2CCN(C)CC2)n1. The third-order valence-corrected chi connectivity index (χ3v) is 4.51. The standard InChI is InChI=1S/C19H25N5O/c1-4-15-7-5-6-8-16(15)21-19-20-14(2)13-17(22-19)18(25)24-11-9-23(3)10-12-24/h5-8,13H,4,9-12H2,1-3H3,(H,20,21,22).